The Morgan fingerprint density at radius 2 is 1.90 bits per heavy atom. The molecule has 1 aromatic rings. The molecule has 0 radical (unpaired) electrons. The van der Waals surface area contributed by atoms with Crippen LogP contribution >= 0.6 is 0 Å². The van der Waals surface area contributed by atoms with E-state index < -0.39 is 11.8 Å². The Balaban J connectivity index is 2.03. The van der Waals surface area contributed by atoms with Crippen LogP contribution < -0.4 is 9.47 Å². The number of esters is 1. The second-order valence-corrected chi connectivity index (χ2v) is 7.83. The summed E-state index contributed by atoms with van der Waals surface area (Å²) in [5.41, 5.74) is 2.98. The lowest BCUT2D eigenvalue weighted by molar-refractivity contribution is -0.146. The molecule has 6 nitrogen and oxygen atoms in total. The lowest BCUT2D eigenvalue weighted by Gasteiger charge is -2.34. The maximum absolute atomic E-state index is 13.1. The average Bonchev–Trinajstić information content (AvgIpc) is 2.75. The van der Waals surface area contributed by atoms with E-state index >= 15 is 0 Å². The number of carbonyl (C=O) groups is 2. The lowest BCUT2D eigenvalue weighted by atomic mass is 9.71. The van der Waals surface area contributed by atoms with Gasteiger partial charge in [-0.25, -0.2) is 0 Å². The van der Waals surface area contributed by atoms with Gasteiger partial charge in [0.25, 0.3) is 0 Å². The average molecular weight is 414 g/mol. The van der Waals surface area contributed by atoms with Crippen LogP contribution in [0.15, 0.2) is 34.5 Å². The van der Waals surface area contributed by atoms with Gasteiger partial charge in [-0.1, -0.05) is 25.8 Å². The molecule has 1 aliphatic carbocycles. The van der Waals surface area contributed by atoms with Gasteiger partial charge in [0.05, 0.1) is 20.8 Å². The monoisotopic (exact) mass is 413 g/mol. The molecule has 0 bridgehead atoms. The van der Waals surface area contributed by atoms with Gasteiger partial charge in [0, 0.05) is 29.3 Å². The van der Waals surface area contributed by atoms with Gasteiger partial charge in [0.15, 0.2) is 17.3 Å². The van der Waals surface area contributed by atoms with Crippen LogP contribution in [0.3, 0.4) is 0 Å². The number of aliphatic imine (C=N–C) groups is 1. The van der Waals surface area contributed by atoms with Crippen LogP contribution in [0.5, 0.6) is 11.5 Å². The smallest absolute Gasteiger partial charge is 0.315 e. The molecule has 0 saturated heterocycles. The minimum absolute atomic E-state index is 0.0658. The Morgan fingerprint density at radius 1 is 1.13 bits per heavy atom. The molecule has 1 aromatic carbocycles. The van der Waals surface area contributed by atoms with E-state index in [1.807, 2.05) is 25.1 Å². The first-order chi connectivity index (χ1) is 14.5. The number of ether oxygens (including phenoxy) is 3. The third-order valence-electron chi connectivity index (χ3n) is 5.85. The third-order valence-corrected chi connectivity index (χ3v) is 5.85. The summed E-state index contributed by atoms with van der Waals surface area (Å²) >= 11 is 0. The summed E-state index contributed by atoms with van der Waals surface area (Å²) in [5, 5.41) is 0. The SMILES string of the molecule is CCCCCOC(=O)C1C(C)=NC2=C(C(=O)CCC2)[C@@H]1c1ccc(OC)c(OC)c1. The highest BCUT2D eigenvalue weighted by Gasteiger charge is 2.43. The van der Waals surface area contributed by atoms with E-state index in [2.05, 4.69) is 11.9 Å². The van der Waals surface area contributed by atoms with Gasteiger partial charge < -0.3 is 14.2 Å². The van der Waals surface area contributed by atoms with Crippen LogP contribution in [0.2, 0.25) is 0 Å². The minimum Gasteiger partial charge on any atom is -0.493 e. The van der Waals surface area contributed by atoms with Crippen molar-refractivity contribution in [1.82, 2.24) is 0 Å². The van der Waals surface area contributed by atoms with Gasteiger partial charge in [-0.15, -0.1) is 0 Å². The molecular weight excluding hydrogens is 382 g/mol. The van der Waals surface area contributed by atoms with E-state index in [0.717, 1.165) is 43.4 Å². The van der Waals surface area contributed by atoms with Gasteiger partial charge in [0.1, 0.15) is 5.92 Å². The molecule has 1 aliphatic heterocycles. The van der Waals surface area contributed by atoms with Crippen LogP contribution in [0.1, 0.15) is 63.9 Å². The zero-order valence-corrected chi connectivity index (χ0v) is 18.3. The summed E-state index contributed by atoms with van der Waals surface area (Å²) < 4.78 is 16.4. The van der Waals surface area contributed by atoms with Crippen LogP contribution in [-0.4, -0.2) is 38.3 Å². The first kappa shape index (κ1) is 22.1. The van der Waals surface area contributed by atoms with Gasteiger partial charge in [-0.05, 0) is 43.9 Å². The van der Waals surface area contributed by atoms with Crippen molar-refractivity contribution in [2.45, 2.75) is 58.3 Å². The standard InChI is InChI=1S/C24H31NO5/c1-5-6-7-13-30-24(27)21-15(2)25-17-9-8-10-18(26)23(17)22(21)16-11-12-19(28-3)20(14-16)29-4/h11-12,14,21-22H,5-10,13H2,1-4H3/t21?,22-/m1/s1. The van der Waals surface area contributed by atoms with Crippen molar-refractivity contribution < 1.29 is 23.8 Å². The van der Waals surface area contributed by atoms with Gasteiger partial charge in [0.2, 0.25) is 0 Å². The topological polar surface area (TPSA) is 74.2 Å². The summed E-state index contributed by atoms with van der Waals surface area (Å²) in [6, 6.07) is 5.56. The van der Waals surface area contributed by atoms with Gasteiger partial charge in [-0.3, -0.25) is 14.6 Å². The molecule has 6 heteroatoms. The Bertz CT molecular complexity index is 870. The number of carbonyl (C=O) groups excluding carboxylic acids is 2. The molecule has 0 saturated carbocycles. The third kappa shape index (κ3) is 4.42. The van der Waals surface area contributed by atoms with E-state index in [9.17, 15) is 9.59 Å². The highest BCUT2D eigenvalue weighted by molar-refractivity contribution is 6.08. The summed E-state index contributed by atoms with van der Waals surface area (Å²) in [6.07, 6.45) is 4.92. The maximum atomic E-state index is 13.1. The molecule has 1 unspecified atom stereocenters. The molecule has 2 aliphatic rings. The summed E-state index contributed by atoms with van der Waals surface area (Å²) in [6.45, 7) is 4.35. The quantitative estimate of drug-likeness (QED) is 0.459. The van der Waals surface area contributed by atoms with E-state index in [4.69, 9.17) is 14.2 Å². The molecule has 30 heavy (non-hydrogen) atoms. The zero-order chi connectivity index (χ0) is 21.7. The molecule has 1 heterocycles. The number of methoxy groups -OCH3 is 2. The molecule has 162 valence electrons. The molecular formula is C24H31NO5. The zero-order valence-electron chi connectivity index (χ0n) is 18.3. The Hall–Kier alpha value is -2.63. The number of ketones is 1. The number of rotatable bonds is 8. The van der Waals surface area contributed by atoms with Crippen molar-refractivity contribution >= 4 is 17.5 Å². The van der Waals surface area contributed by atoms with Crippen molar-refractivity contribution in [3.05, 3.63) is 35.0 Å². The van der Waals surface area contributed by atoms with Crippen molar-refractivity contribution in [3.8, 4) is 11.5 Å². The van der Waals surface area contributed by atoms with Gasteiger partial charge >= 0.3 is 5.97 Å². The normalized spacial score (nSPS) is 21.1. The number of hydrogen-bond donors (Lipinski definition) is 0. The second kappa shape index (κ2) is 9.92. The number of benzene rings is 1. The molecule has 3 rings (SSSR count). The summed E-state index contributed by atoms with van der Waals surface area (Å²) in [4.78, 5) is 30.7. The number of allylic oxidation sites excluding steroid dienone is 2. The summed E-state index contributed by atoms with van der Waals surface area (Å²) in [7, 11) is 3.15. The predicted octanol–water partition coefficient (Wildman–Crippen LogP) is 4.62. The Labute approximate surface area is 178 Å². The molecule has 0 N–H and O–H groups in total. The van der Waals surface area contributed by atoms with Crippen LogP contribution in [0.25, 0.3) is 0 Å². The first-order valence-electron chi connectivity index (χ1n) is 10.7. The molecule has 0 amide bonds. The first-order valence-corrected chi connectivity index (χ1v) is 10.7. The molecule has 0 fully saturated rings. The number of unbranched alkanes of at least 4 members (excludes halogenated alkanes) is 2. The predicted molar refractivity (Wildman–Crippen MR) is 115 cm³/mol. The van der Waals surface area contributed by atoms with E-state index in [-0.39, 0.29) is 11.8 Å². The van der Waals surface area contributed by atoms with Crippen molar-refractivity contribution in [3.63, 3.8) is 0 Å². The van der Waals surface area contributed by atoms with Crippen LogP contribution in [0, 0.1) is 5.92 Å². The fourth-order valence-corrected chi connectivity index (χ4v) is 4.33. The maximum Gasteiger partial charge on any atom is 0.315 e. The van der Waals surface area contributed by atoms with Crippen molar-refractivity contribution in [2.24, 2.45) is 10.9 Å². The molecule has 0 aromatic heterocycles. The lowest BCUT2D eigenvalue weighted by Crippen LogP contribution is -2.37. The minimum atomic E-state index is -0.620. The van der Waals surface area contributed by atoms with Crippen molar-refractivity contribution in [1.29, 1.82) is 0 Å². The number of Topliss-reactive ketones (excluding diaryl/α,β-unsaturated/α-hetero) is 1. The van der Waals surface area contributed by atoms with Crippen LogP contribution in [0.4, 0.5) is 0 Å². The molecule has 2 atom stereocenters. The Kier molecular flexibility index (Phi) is 7.29. The van der Waals surface area contributed by atoms with E-state index in [1.165, 1.54) is 0 Å². The second-order valence-electron chi connectivity index (χ2n) is 7.83. The largest absolute Gasteiger partial charge is 0.493 e. The Morgan fingerprint density at radius 3 is 2.60 bits per heavy atom. The van der Waals surface area contributed by atoms with E-state index in [1.54, 1.807) is 14.2 Å². The van der Waals surface area contributed by atoms with Gasteiger partial charge in [-0.2, -0.15) is 0 Å². The highest BCUT2D eigenvalue weighted by atomic mass is 16.5. The molecule has 0 spiro atoms. The fourth-order valence-electron chi connectivity index (χ4n) is 4.33. The number of nitrogens with zero attached hydrogens (tertiary/aromatic N) is 1. The van der Waals surface area contributed by atoms with Crippen molar-refractivity contribution in [2.75, 3.05) is 20.8 Å². The highest BCUT2D eigenvalue weighted by Crippen LogP contribution is 2.45. The summed E-state index contributed by atoms with van der Waals surface area (Å²) in [5.74, 6) is -0.136. The fraction of sp³-hybridized carbons (Fsp3) is 0.542. The number of hydrogen-bond acceptors (Lipinski definition) is 6. The van der Waals surface area contributed by atoms with E-state index in [0.29, 0.717) is 35.8 Å². The van der Waals surface area contributed by atoms with Crippen LogP contribution in [-0.2, 0) is 14.3 Å².